The van der Waals surface area contributed by atoms with Crippen LogP contribution in [0.1, 0.15) is 36.7 Å². The van der Waals surface area contributed by atoms with E-state index >= 15 is 0 Å². The summed E-state index contributed by atoms with van der Waals surface area (Å²) in [6.07, 6.45) is 4.70. The molecule has 0 bridgehead atoms. The summed E-state index contributed by atoms with van der Waals surface area (Å²) >= 11 is 6.05. The van der Waals surface area contributed by atoms with Crippen molar-refractivity contribution < 1.29 is 13.9 Å². The summed E-state index contributed by atoms with van der Waals surface area (Å²) in [5.41, 5.74) is 3.75. The molecular formula is C25H26ClFN4O2. The van der Waals surface area contributed by atoms with E-state index in [1.165, 1.54) is 24.4 Å². The number of carbonyl (C=O) groups is 1. The number of hydrogen-bond donors (Lipinski definition) is 2. The summed E-state index contributed by atoms with van der Waals surface area (Å²) in [5, 5.41) is 6.58. The molecule has 3 aromatic rings. The molecule has 1 amide bonds. The van der Waals surface area contributed by atoms with Crippen LogP contribution >= 0.6 is 11.6 Å². The minimum atomic E-state index is -0.433. The molecule has 1 aliphatic rings. The van der Waals surface area contributed by atoms with Crippen molar-refractivity contribution in [2.75, 3.05) is 18.5 Å². The number of amides is 1. The molecule has 1 aromatic carbocycles. The second-order valence-electron chi connectivity index (χ2n) is 7.27. The lowest BCUT2D eigenvalue weighted by Crippen LogP contribution is -2.48. The van der Waals surface area contributed by atoms with E-state index in [9.17, 15) is 9.18 Å². The van der Waals surface area contributed by atoms with Gasteiger partial charge in [0.1, 0.15) is 5.82 Å². The third-order valence-corrected chi connectivity index (χ3v) is 5.11. The number of ether oxygens (including phenoxy) is 1. The van der Waals surface area contributed by atoms with Crippen LogP contribution in [0.2, 0.25) is 5.02 Å². The van der Waals surface area contributed by atoms with Crippen LogP contribution in [-0.4, -0.2) is 35.1 Å². The Labute approximate surface area is 197 Å². The summed E-state index contributed by atoms with van der Waals surface area (Å²) in [6.45, 7) is 10.8. The largest absolute Gasteiger partial charge is 0.377 e. The van der Waals surface area contributed by atoms with Gasteiger partial charge in [0.15, 0.2) is 0 Å². The topological polar surface area (TPSA) is 76.1 Å². The quantitative estimate of drug-likeness (QED) is 0.473. The Kier molecular flexibility index (Phi) is 8.14. The molecule has 1 saturated heterocycles. The number of pyridine rings is 2. The van der Waals surface area contributed by atoms with Crippen molar-refractivity contribution in [3.05, 3.63) is 77.5 Å². The van der Waals surface area contributed by atoms with Crippen LogP contribution in [0, 0.1) is 5.82 Å². The maximum atomic E-state index is 14.4. The molecule has 8 heteroatoms. The monoisotopic (exact) mass is 468 g/mol. The number of hydrogen-bond acceptors (Lipinski definition) is 5. The third kappa shape index (κ3) is 5.74. The number of aromatic nitrogens is 2. The zero-order valence-corrected chi connectivity index (χ0v) is 19.5. The summed E-state index contributed by atoms with van der Waals surface area (Å²) in [6, 6.07) is 7.71. The lowest BCUT2D eigenvalue weighted by Gasteiger charge is -2.27. The van der Waals surface area contributed by atoms with Gasteiger partial charge in [0.25, 0.3) is 5.91 Å². The Hall–Kier alpha value is -3.29. The normalized spacial score (nSPS) is 12.8. The first kappa shape index (κ1) is 24.4. The predicted octanol–water partition coefficient (Wildman–Crippen LogP) is 5.87. The van der Waals surface area contributed by atoms with Crippen molar-refractivity contribution in [3.8, 4) is 11.3 Å². The molecule has 4 rings (SSSR count). The highest BCUT2D eigenvalue weighted by Crippen LogP contribution is 2.32. The second-order valence-corrected chi connectivity index (χ2v) is 7.71. The van der Waals surface area contributed by atoms with Crippen molar-refractivity contribution in [3.63, 3.8) is 0 Å². The van der Waals surface area contributed by atoms with Gasteiger partial charge in [0.05, 0.1) is 36.2 Å². The van der Waals surface area contributed by atoms with E-state index < -0.39 is 5.82 Å². The lowest BCUT2D eigenvalue weighted by atomic mass is 10.0. The fourth-order valence-electron chi connectivity index (χ4n) is 3.15. The Balaban J connectivity index is 0.00000149. The van der Waals surface area contributed by atoms with Gasteiger partial charge in [0, 0.05) is 40.4 Å². The summed E-state index contributed by atoms with van der Waals surface area (Å²) in [5.74, 6) is -0.687. The molecule has 172 valence electrons. The summed E-state index contributed by atoms with van der Waals surface area (Å²) < 4.78 is 19.5. The fraction of sp³-hybridized carbons (Fsp3) is 0.240. The van der Waals surface area contributed by atoms with Crippen LogP contribution in [0.5, 0.6) is 0 Å². The molecule has 0 radical (unpaired) electrons. The highest BCUT2D eigenvalue weighted by atomic mass is 35.5. The summed E-state index contributed by atoms with van der Waals surface area (Å²) in [4.78, 5) is 21.2. The molecule has 6 nitrogen and oxygen atoms in total. The minimum absolute atomic E-state index is 0.00938. The molecule has 1 fully saturated rings. The van der Waals surface area contributed by atoms with Gasteiger partial charge in [-0.2, -0.15) is 0 Å². The SMILES string of the molecule is C=C(C)c1cnc(-c2cc(Cl)ccc2F)cc1Nc1ccncc1C(=O)NC1COC1.CC. The van der Waals surface area contributed by atoms with Crippen LogP contribution in [0.15, 0.2) is 55.5 Å². The van der Waals surface area contributed by atoms with Crippen molar-refractivity contribution >= 4 is 34.5 Å². The number of carbonyl (C=O) groups excluding carboxylic acids is 1. The number of halogens is 2. The third-order valence-electron chi connectivity index (χ3n) is 4.88. The highest BCUT2D eigenvalue weighted by molar-refractivity contribution is 6.30. The molecule has 3 heterocycles. The van der Waals surface area contributed by atoms with E-state index in [2.05, 4.69) is 27.2 Å². The average molecular weight is 469 g/mol. The van der Waals surface area contributed by atoms with Crippen LogP contribution < -0.4 is 10.6 Å². The van der Waals surface area contributed by atoms with Gasteiger partial charge in [-0.15, -0.1) is 0 Å². The maximum Gasteiger partial charge on any atom is 0.255 e. The fourth-order valence-corrected chi connectivity index (χ4v) is 3.32. The molecule has 0 aliphatic carbocycles. The van der Waals surface area contributed by atoms with Gasteiger partial charge >= 0.3 is 0 Å². The van der Waals surface area contributed by atoms with E-state index in [0.29, 0.717) is 40.9 Å². The van der Waals surface area contributed by atoms with Gasteiger partial charge < -0.3 is 15.4 Å². The number of nitrogens with one attached hydrogen (secondary N) is 2. The molecule has 1 aliphatic heterocycles. The molecule has 0 saturated carbocycles. The molecule has 0 unspecified atom stereocenters. The number of rotatable bonds is 6. The van der Waals surface area contributed by atoms with E-state index in [1.807, 2.05) is 20.8 Å². The average Bonchev–Trinajstić information content (AvgIpc) is 2.79. The molecule has 2 N–H and O–H groups in total. The number of nitrogens with zero attached hydrogens (tertiary/aromatic N) is 2. The van der Waals surface area contributed by atoms with Crippen LogP contribution in [0.3, 0.4) is 0 Å². The summed E-state index contributed by atoms with van der Waals surface area (Å²) in [7, 11) is 0. The van der Waals surface area contributed by atoms with Gasteiger partial charge in [-0.25, -0.2) is 4.39 Å². The van der Waals surface area contributed by atoms with Gasteiger partial charge in [0.2, 0.25) is 0 Å². The van der Waals surface area contributed by atoms with E-state index in [1.54, 1.807) is 24.5 Å². The van der Waals surface area contributed by atoms with Gasteiger partial charge in [-0.3, -0.25) is 14.8 Å². The Morgan fingerprint density at radius 3 is 2.58 bits per heavy atom. The number of benzene rings is 1. The molecule has 33 heavy (non-hydrogen) atoms. The molecule has 0 spiro atoms. The lowest BCUT2D eigenvalue weighted by molar-refractivity contribution is -0.00345. The zero-order chi connectivity index (χ0) is 24.0. The number of anilines is 2. The molecule has 2 aromatic heterocycles. The van der Waals surface area contributed by atoms with Crippen molar-refractivity contribution in [2.24, 2.45) is 0 Å². The zero-order valence-electron chi connectivity index (χ0n) is 18.8. The van der Waals surface area contributed by atoms with Crippen LogP contribution in [-0.2, 0) is 4.74 Å². The predicted molar refractivity (Wildman–Crippen MR) is 130 cm³/mol. The smallest absolute Gasteiger partial charge is 0.255 e. The minimum Gasteiger partial charge on any atom is -0.377 e. The van der Waals surface area contributed by atoms with E-state index in [-0.39, 0.29) is 17.5 Å². The van der Waals surface area contributed by atoms with E-state index in [4.69, 9.17) is 16.3 Å². The van der Waals surface area contributed by atoms with Gasteiger partial charge in [-0.1, -0.05) is 32.0 Å². The van der Waals surface area contributed by atoms with Crippen molar-refractivity contribution in [2.45, 2.75) is 26.8 Å². The number of allylic oxidation sites excluding steroid dienone is 1. The van der Waals surface area contributed by atoms with Crippen molar-refractivity contribution in [1.29, 1.82) is 0 Å². The standard InChI is InChI=1S/C23H20ClFN4O2.C2H6/c1-13(2)17-10-27-21(16-7-14(24)3-4-19(16)25)8-22(17)29-20-5-6-26-9-18(20)23(30)28-15-11-31-12-15;1-2/h3-10,15H,1,11-12H2,2H3,(H,28,30)(H,26,27,29);1-2H3. The van der Waals surface area contributed by atoms with E-state index in [0.717, 1.165) is 11.1 Å². The first-order valence-electron chi connectivity index (χ1n) is 10.6. The molecule has 0 atom stereocenters. The van der Waals surface area contributed by atoms with Crippen LogP contribution in [0.25, 0.3) is 16.8 Å². The Morgan fingerprint density at radius 2 is 1.91 bits per heavy atom. The highest BCUT2D eigenvalue weighted by Gasteiger charge is 2.23. The van der Waals surface area contributed by atoms with Crippen molar-refractivity contribution in [1.82, 2.24) is 15.3 Å². The second kappa shape index (κ2) is 11.0. The first-order valence-corrected chi connectivity index (χ1v) is 11.0. The first-order chi connectivity index (χ1) is 15.9. The molecular weight excluding hydrogens is 443 g/mol. The van der Waals surface area contributed by atoms with Crippen LogP contribution in [0.4, 0.5) is 15.8 Å². The maximum absolute atomic E-state index is 14.4. The Bertz CT molecular complexity index is 1160. The van der Waals surface area contributed by atoms with Gasteiger partial charge in [-0.05, 0) is 42.8 Å². The Morgan fingerprint density at radius 1 is 1.15 bits per heavy atom.